The molecule has 2 aromatic carbocycles. The standard InChI is InChI=1S/C18H16F3N3O2S/c1-2-13-8-10-14(11-9-13)16-12-17(18(19,20)21)22-24(16)23-27(25,26)15-6-4-3-5-7-15/h3-12,23H,2H2,1H3. The van der Waals surface area contributed by atoms with Crippen molar-refractivity contribution in [3.05, 3.63) is 71.9 Å². The number of aromatic nitrogens is 2. The van der Waals surface area contributed by atoms with Crippen LogP contribution in [0.15, 0.2) is 65.6 Å². The monoisotopic (exact) mass is 395 g/mol. The van der Waals surface area contributed by atoms with Gasteiger partial charge in [-0.05, 0) is 30.2 Å². The van der Waals surface area contributed by atoms with E-state index in [-0.39, 0.29) is 10.6 Å². The van der Waals surface area contributed by atoms with Gasteiger partial charge in [0.1, 0.15) is 0 Å². The fourth-order valence-corrected chi connectivity index (χ4v) is 3.46. The van der Waals surface area contributed by atoms with Crippen LogP contribution >= 0.6 is 0 Å². The second-order valence-electron chi connectivity index (χ2n) is 5.78. The van der Waals surface area contributed by atoms with Gasteiger partial charge in [-0.3, -0.25) is 0 Å². The molecular formula is C18H16F3N3O2S. The van der Waals surface area contributed by atoms with E-state index in [0.29, 0.717) is 10.4 Å². The maximum Gasteiger partial charge on any atom is 0.435 e. The number of alkyl halides is 3. The van der Waals surface area contributed by atoms with Gasteiger partial charge in [-0.1, -0.05) is 49.4 Å². The minimum Gasteiger partial charge on any atom is -0.200 e. The summed E-state index contributed by atoms with van der Waals surface area (Å²) in [4.78, 5) is 2.66. The van der Waals surface area contributed by atoms with Crippen molar-refractivity contribution in [2.75, 3.05) is 4.83 Å². The number of benzene rings is 2. The topological polar surface area (TPSA) is 64.0 Å². The molecule has 0 aliphatic rings. The first-order chi connectivity index (χ1) is 12.7. The van der Waals surface area contributed by atoms with Crippen LogP contribution < -0.4 is 4.83 Å². The molecule has 0 radical (unpaired) electrons. The Morgan fingerprint density at radius 3 is 2.22 bits per heavy atom. The van der Waals surface area contributed by atoms with E-state index in [4.69, 9.17) is 0 Å². The first kappa shape index (κ1) is 19.0. The minimum atomic E-state index is -4.71. The fourth-order valence-electron chi connectivity index (χ4n) is 2.47. The summed E-state index contributed by atoms with van der Waals surface area (Å²) in [5.41, 5.74) is 0.217. The third kappa shape index (κ3) is 4.13. The minimum absolute atomic E-state index is 0.00974. The summed E-state index contributed by atoms with van der Waals surface area (Å²) in [6, 6.07) is 15.0. The molecule has 1 N–H and O–H groups in total. The summed E-state index contributed by atoms with van der Waals surface area (Å²) >= 11 is 0. The van der Waals surface area contributed by atoms with Crippen molar-refractivity contribution < 1.29 is 21.6 Å². The molecule has 27 heavy (non-hydrogen) atoms. The van der Waals surface area contributed by atoms with Crippen LogP contribution in [0.2, 0.25) is 0 Å². The Morgan fingerprint density at radius 1 is 1.04 bits per heavy atom. The van der Waals surface area contributed by atoms with E-state index < -0.39 is 21.9 Å². The first-order valence-electron chi connectivity index (χ1n) is 8.05. The molecule has 0 aliphatic carbocycles. The van der Waals surface area contributed by atoms with E-state index >= 15 is 0 Å². The number of nitrogens with zero attached hydrogens (tertiary/aromatic N) is 2. The number of hydrogen-bond acceptors (Lipinski definition) is 3. The number of hydrogen-bond donors (Lipinski definition) is 1. The van der Waals surface area contributed by atoms with Crippen LogP contribution in [-0.2, 0) is 22.6 Å². The van der Waals surface area contributed by atoms with Crippen LogP contribution in [0.25, 0.3) is 11.3 Å². The van der Waals surface area contributed by atoms with Gasteiger partial charge in [-0.25, -0.2) is 0 Å². The van der Waals surface area contributed by atoms with E-state index in [2.05, 4.69) is 9.93 Å². The van der Waals surface area contributed by atoms with Gasteiger partial charge in [0.25, 0.3) is 10.0 Å². The lowest BCUT2D eigenvalue weighted by atomic mass is 10.1. The largest absolute Gasteiger partial charge is 0.435 e. The molecule has 0 atom stereocenters. The molecule has 142 valence electrons. The van der Waals surface area contributed by atoms with E-state index in [9.17, 15) is 21.6 Å². The maximum atomic E-state index is 13.1. The van der Waals surface area contributed by atoms with Crippen molar-refractivity contribution in [1.82, 2.24) is 9.89 Å². The van der Waals surface area contributed by atoms with Crippen molar-refractivity contribution in [1.29, 1.82) is 0 Å². The van der Waals surface area contributed by atoms with Gasteiger partial charge in [-0.15, -0.1) is 5.10 Å². The van der Waals surface area contributed by atoms with E-state index in [1.807, 2.05) is 6.92 Å². The molecule has 1 heterocycles. The molecule has 9 heteroatoms. The van der Waals surface area contributed by atoms with Crippen molar-refractivity contribution in [2.45, 2.75) is 24.4 Å². The van der Waals surface area contributed by atoms with Gasteiger partial charge in [-0.2, -0.15) is 31.2 Å². The highest BCUT2D eigenvalue weighted by atomic mass is 32.2. The molecule has 5 nitrogen and oxygen atoms in total. The van der Waals surface area contributed by atoms with Crippen LogP contribution in [-0.4, -0.2) is 18.3 Å². The predicted octanol–water partition coefficient (Wildman–Crippen LogP) is 4.06. The molecule has 0 bridgehead atoms. The zero-order valence-corrected chi connectivity index (χ0v) is 15.1. The molecule has 0 spiro atoms. The summed E-state index contributed by atoms with van der Waals surface area (Å²) in [6.45, 7) is 1.95. The maximum absolute atomic E-state index is 13.1. The molecule has 3 rings (SSSR count). The fraction of sp³-hybridized carbons (Fsp3) is 0.167. The van der Waals surface area contributed by atoms with Crippen LogP contribution in [0.5, 0.6) is 0 Å². The molecular weight excluding hydrogens is 379 g/mol. The summed E-state index contributed by atoms with van der Waals surface area (Å²) in [5.74, 6) is 0. The van der Waals surface area contributed by atoms with Gasteiger partial charge < -0.3 is 0 Å². The number of rotatable bonds is 5. The van der Waals surface area contributed by atoms with Crippen LogP contribution in [0.4, 0.5) is 13.2 Å². The second kappa shape index (κ2) is 7.07. The summed E-state index contributed by atoms with van der Waals surface area (Å²) in [5, 5.41) is 3.41. The first-order valence-corrected chi connectivity index (χ1v) is 9.53. The third-order valence-electron chi connectivity index (χ3n) is 3.92. The average Bonchev–Trinajstić information content (AvgIpc) is 3.06. The Labute approximate surface area is 154 Å². The van der Waals surface area contributed by atoms with E-state index in [1.165, 1.54) is 24.3 Å². The molecule has 0 saturated heterocycles. The second-order valence-corrected chi connectivity index (χ2v) is 7.44. The SMILES string of the molecule is CCc1ccc(-c2cc(C(F)(F)F)nn2NS(=O)(=O)c2ccccc2)cc1. The Morgan fingerprint density at radius 2 is 1.67 bits per heavy atom. The van der Waals surface area contributed by atoms with Crippen LogP contribution in [0.1, 0.15) is 18.2 Å². The Balaban J connectivity index is 2.06. The number of aryl methyl sites for hydroxylation is 1. The lowest BCUT2D eigenvalue weighted by molar-refractivity contribution is -0.141. The molecule has 0 aliphatic heterocycles. The quantitative estimate of drug-likeness (QED) is 0.709. The van der Waals surface area contributed by atoms with Crippen molar-refractivity contribution >= 4 is 10.0 Å². The zero-order valence-electron chi connectivity index (χ0n) is 14.2. The molecule has 3 aromatic rings. The number of halogens is 3. The van der Waals surface area contributed by atoms with E-state index in [0.717, 1.165) is 18.1 Å². The molecule has 1 aromatic heterocycles. The van der Waals surface area contributed by atoms with Crippen molar-refractivity contribution in [3.63, 3.8) is 0 Å². The Bertz CT molecular complexity index is 1030. The summed E-state index contributed by atoms with van der Waals surface area (Å²) in [6.07, 6.45) is -3.93. The van der Waals surface area contributed by atoms with Crippen LogP contribution in [0, 0.1) is 0 Å². The van der Waals surface area contributed by atoms with Gasteiger partial charge in [0.2, 0.25) is 0 Å². The normalized spacial score (nSPS) is 12.1. The molecule has 0 saturated carbocycles. The highest BCUT2D eigenvalue weighted by Crippen LogP contribution is 2.31. The Hall–Kier alpha value is -2.81. The van der Waals surface area contributed by atoms with Gasteiger partial charge >= 0.3 is 6.18 Å². The van der Waals surface area contributed by atoms with E-state index in [1.54, 1.807) is 30.3 Å². The van der Waals surface area contributed by atoms with Crippen LogP contribution in [0.3, 0.4) is 0 Å². The lowest BCUT2D eigenvalue weighted by Gasteiger charge is -2.11. The van der Waals surface area contributed by atoms with Crippen molar-refractivity contribution in [3.8, 4) is 11.3 Å². The summed E-state index contributed by atoms with van der Waals surface area (Å²) in [7, 11) is -4.11. The van der Waals surface area contributed by atoms with Gasteiger partial charge in [0.05, 0.1) is 10.6 Å². The molecule has 0 amide bonds. The molecule has 0 unspecified atom stereocenters. The van der Waals surface area contributed by atoms with Crippen molar-refractivity contribution in [2.24, 2.45) is 0 Å². The lowest BCUT2D eigenvalue weighted by Crippen LogP contribution is -2.25. The zero-order chi connectivity index (χ0) is 19.7. The van der Waals surface area contributed by atoms with Gasteiger partial charge in [0, 0.05) is 5.56 Å². The third-order valence-corrected chi connectivity index (χ3v) is 5.22. The smallest absolute Gasteiger partial charge is 0.200 e. The number of sulfonamides is 1. The summed E-state index contributed by atoms with van der Waals surface area (Å²) < 4.78 is 64.3. The average molecular weight is 395 g/mol. The highest BCUT2D eigenvalue weighted by molar-refractivity contribution is 7.92. The van der Waals surface area contributed by atoms with Gasteiger partial charge in [0.15, 0.2) is 5.69 Å². The predicted molar refractivity (Wildman–Crippen MR) is 95.0 cm³/mol. The molecule has 0 fully saturated rings. The Kier molecular flexibility index (Phi) is 4.97. The number of nitrogens with one attached hydrogen (secondary N) is 1. The highest BCUT2D eigenvalue weighted by Gasteiger charge is 2.35.